The molecule has 2 aromatic rings. The van der Waals surface area contributed by atoms with E-state index < -0.39 is 11.4 Å². The van der Waals surface area contributed by atoms with Gasteiger partial charge in [0, 0.05) is 11.4 Å². The molecule has 0 bridgehead atoms. The second kappa shape index (κ2) is 8.86. The van der Waals surface area contributed by atoms with E-state index in [1.807, 2.05) is 52.0 Å². The highest BCUT2D eigenvalue weighted by atomic mass is 32.2. The summed E-state index contributed by atoms with van der Waals surface area (Å²) in [6.07, 6.45) is -0.117. The first kappa shape index (κ1) is 20.0. The van der Waals surface area contributed by atoms with Crippen LogP contribution < -0.4 is 4.72 Å². The van der Waals surface area contributed by atoms with Crippen molar-refractivity contribution in [3.05, 3.63) is 71.3 Å². The molecule has 0 fully saturated rings. The maximum atomic E-state index is 12.7. The molecule has 0 radical (unpaired) electrons. The summed E-state index contributed by atoms with van der Waals surface area (Å²) in [5.74, 6) is 0. The van der Waals surface area contributed by atoms with Crippen LogP contribution in [0, 0.1) is 6.92 Å². The summed E-state index contributed by atoms with van der Waals surface area (Å²) in [5, 5.41) is 0. The minimum absolute atomic E-state index is 0.117. The zero-order valence-electron chi connectivity index (χ0n) is 15.8. The fraction of sp³-hybridized carbons (Fsp3) is 0.429. The van der Waals surface area contributed by atoms with Crippen molar-refractivity contribution >= 4 is 11.4 Å². The second-order valence-corrected chi connectivity index (χ2v) is 9.39. The monoisotopic (exact) mass is 359 g/mol. The Hall–Kier alpha value is -1.33. The van der Waals surface area contributed by atoms with Gasteiger partial charge in [0.15, 0.2) is 0 Å². The van der Waals surface area contributed by atoms with Crippen LogP contribution in [0.4, 0.5) is 0 Å². The number of aryl methyl sites for hydroxylation is 1. The van der Waals surface area contributed by atoms with Crippen LogP contribution in [0.1, 0.15) is 50.4 Å². The van der Waals surface area contributed by atoms with Gasteiger partial charge in [-0.15, -0.1) is 4.72 Å². The standard InChI is InChI=1S/C21H29NO2S/c1-16-10-9-13-19(14-16)20(22-25(23)21(3,4)5)17(2)24-15-18-11-7-6-8-12-18/h6-14,17,20,22H,15H2,1-5H3/t17-,20+,25-/m0/s1. The molecule has 2 rings (SSSR count). The zero-order chi connectivity index (χ0) is 18.4. The molecular weight excluding hydrogens is 330 g/mol. The first-order valence-electron chi connectivity index (χ1n) is 8.67. The molecule has 25 heavy (non-hydrogen) atoms. The number of hydrogen-bond donors (Lipinski definition) is 1. The van der Waals surface area contributed by atoms with Gasteiger partial charge in [-0.05, 0) is 45.7 Å². The molecule has 4 heteroatoms. The molecule has 0 aliphatic heterocycles. The third kappa shape index (κ3) is 6.15. The van der Waals surface area contributed by atoms with Crippen LogP contribution in [0.3, 0.4) is 0 Å². The van der Waals surface area contributed by atoms with E-state index in [1.54, 1.807) is 0 Å². The van der Waals surface area contributed by atoms with Crippen LogP contribution in [0.25, 0.3) is 0 Å². The molecule has 0 saturated heterocycles. The third-order valence-corrected chi connectivity index (χ3v) is 5.60. The number of nitrogens with one attached hydrogen (secondary N) is 1. The highest BCUT2D eigenvalue weighted by Gasteiger charge is 2.32. The normalized spacial score (nSPS) is 15.6. The molecule has 0 heterocycles. The van der Waals surface area contributed by atoms with Crippen molar-refractivity contribution in [2.45, 2.75) is 58.1 Å². The summed E-state index contributed by atoms with van der Waals surface area (Å²) in [7, 11) is 0. The maximum absolute atomic E-state index is 12.7. The quantitative estimate of drug-likeness (QED) is 0.729. The van der Waals surface area contributed by atoms with Crippen molar-refractivity contribution in [2.75, 3.05) is 0 Å². The van der Waals surface area contributed by atoms with Gasteiger partial charge in [0.2, 0.25) is 0 Å². The molecule has 0 aromatic heterocycles. The fourth-order valence-corrected chi connectivity index (χ4v) is 3.40. The van der Waals surface area contributed by atoms with Crippen LogP contribution >= 0.6 is 0 Å². The highest BCUT2D eigenvalue weighted by molar-refractivity contribution is 7.90. The molecule has 1 N–H and O–H groups in total. The van der Waals surface area contributed by atoms with E-state index in [2.05, 4.69) is 42.0 Å². The van der Waals surface area contributed by atoms with Gasteiger partial charge in [0.05, 0.1) is 12.7 Å². The largest absolute Gasteiger partial charge is 0.598 e. The molecule has 0 unspecified atom stereocenters. The first-order valence-corrected chi connectivity index (χ1v) is 9.82. The number of hydrogen-bond acceptors (Lipinski definition) is 3. The fourth-order valence-electron chi connectivity index (χ4n) is 2.49. The summed E-state index contributed by atoms with van der Waals surface area (Å²) in [6, 6.07) is 18.3. The van der Waals surface area contributed by atoms with Crippen molar-refractivity contribution in [1.82, 2.24) is 4.72 Å². The van der Waals surface area contributed by atoms with Crippen molar-refractivity contribution < 1.29 is 9.29 Å². The zero-order valence-corrected chi connectivity index (χ0v) is 16.6. The van der Waals surface area contributed by atoms with Crippen LogP contribution in [-0.4, -0.2) is 15.4 Å². The van der Waals surface area contributed by atoms with Gasteiger partial charge in [-0.1, -0.05) is 60.2 Å². The molecule has 0 saturated carbocycles. The molecule has 0 spiro atoms. The Morgan fingerprint density at radius 1 is 1.08 bits per heavy atom. The van der Waals surface area contributed by atoms with Crippen molar-refractivity contribution in [2.24, 2.45) is 0 Å². The van der Waals surface area contributed by atoms with Gasteiger partial charge >= 0.3 is 0 Å². The first-order chi connectivity index (χ1) is 11.8. The topological polar surface area (TPSA) is 44.3 Å². The second-order valence-electron chi connectivity index (χ2n) is 7.39. The lowest BCUT2D eigenvalue weighted by atomic mass is 10.0. The van der Waals surface area contributed by atoms with E-state index in [-0.39, 0.29) is 16.9 Å². The maximum Gasteiger partial charge on any atom is 0.136 e. The van der Waals surface area contributed by atoms with E-state index in [9.17, 15) is 4.55 Å². The minimum atomic E-state index is -1.17. The van der Waals surface area contributed by atoms with E-state index >= 15 is 0 Å². The molecule has 0 aliphatic rings. The molecule has 3 nitrogen and oxygen atoms in total. The van der Waals surface area contributed by atoms with Crippen molar-refractivity contribution in [3.63, 3.8) is 0 Å². The van der Waals surface area contributed by atoms with Gasteiger partial charge in [-0.2, -0.15) is 0 Å². The Kier molecular flexibility index (Phi) is 7.08. The SMILES string of the molecule is Cc1cccc([C@H](N[S@@+]([O-])C(C)(C)C)[C@H](C)OCc2ccccc2)c1. The summed E-state index contributed by atoms with van der Waals surface area (Å²) in [5.41, 5.74) is 3.41. The average molecular weight is 360 g/mol. The Balaban J connectivity index is 2.15. The highest BCUT2D eigenvalue weighted by Crippen LogP contribution is 2.25. The van der Waals surface area contributed by atoms with E-state index in [0.29, 0.717) is 6.61 Å². The van der Waals surface area contributed by atoms with Gasteiger partial charge < -0.3 is 9.29 Å². The molecule has 3 atom stereocenters. The Morgan fingerprint density at radius 2 is 1.76 bits per heavy atom. The molecular formula is C21H29NO2S. The Morgan fingerprint density at radius 3 is 2.36 bits per heavy atom. The molecule has 2 aromatic carbocycles. The summed E-state index contributed by atoms with van der Waals surface area (Å²) in [6.45, 7) is 10.5. The predicted molar refractivity (Wildman–Crippen MR) is 106 cm³/mol. The minimum Gasteiger partial charge on any atom is -0.598 e. The van der Waals surface area contributed by atoms with Gasteiger partial charge in [0.25, 0.3) is 0 Å². The predicted octanol–water partition coefficient (Wildman–Crippen LogP) is 4.69. The van der Waals surface area contributed by atoms with E-state index in [4.69, 9.17) is 4.74 Å². The smallest absolute Gasteiger partial charge is 0.136 e. The van der Waals surface area contributed by atoms with Crippen LogP contribution in [0.5, 0.6) is 0 Å². The summed E-state index contributed by atoms with van der Waals surface area (Å²) in [4.78, 5) is 0. The van der Waals surface area contributed by atoms with E-state index in [0.717, 1.165) is 11.1 Å². The lowest BCUT2D eigenvalue weighted by Gasteiger charge is -2.31. The van der Waals surface area contributed by atoms with Crippen LogP contribution in [0.2, 0.25) is 0 Å². The number of rotatable bonds is 7. The Bertz CT molecular complexity index is 654. The average Bonchev–Trinajstić information content (AvgIpc) is 2.57. The van der Waals surface area contributed by atoms with Crippen LogP contribution in [0.15, 0.2) is 54.6 Å². The van der Waals surface area contributed by atoms with Crippen molar-refractivity contribution in [1.29, 1.82) is 0 Å². The van der Waals surface area contributed by atoms with Gasteiger partial charge in [-0.3, -0.25) is 0 Å². The van der Waals surface area contributed by atoms with Crippen molar-refractivity contribution in [3.8, 4) is 0 Å². The van der Waals surface area contributed by atoms with Crippen LogP contribution in [-0.2, 0) is 22.7 Å². The lowest BCUT2D eigenvalue weighted by molar-refractivity contribution is 0.0317. The Labute approximate surface area is 155 Å². The molecule has 0 amide bonds. The lowest BCUT2D eigenvalue weighted by Crippen LogP contribution is -2.44. The number of benzene rings is 2. The molecule has 136 valence electrons. The third-order valence-electron chi connectivity index (χ3n) is 4.02. The van der Waals surface area contributed by atoms with Gasteiger partial charge in [-0.25, -0.2) is 0 Å². The summed E-state index contributed by atoms with van der Waals surface area (Å²) < 4.78 is 21.7. The molecule has 0 aliphatic carbocycles. The van der Waals surface area contributed by atoms with E-state index in [1.165, 1.54) is 5.56 Å². The number of ether oxygens (including phenoxy) is 1. The summed E-state index contributed by atoms with van der Waals surface area (Å²) >= 11 is -1.17. The van der Waals surface area contributed by atoms with Gasteiger partial charge in [0.1, 0.15) is 10.8 Å².